The van der Waals surface area contributed by atoms with E-state index in [2.05, 4.69) is 75.0 Å². The lowest BCUT2D eigenvalue weighted by molar-refractivity contribution is -0.145. The Morgan fingerprint density at radius 2 is 0.992 bits per heavy atom. The molecule has 41 heteroatoms. The molecule has 2 aliphatic heterocycles. The van der Waals surface area contributed by atoms with Crippen LogP contribution in [-0.4, -0.2) is 272 Å². The number of aliphatic imine (C=N–C) groups is 2. The van der Waals surface area contributed by atoms with E-state index in [4.69, 9.17) is 18.0 Å². The van der Waals surface area contributed by atoms with Crippen LogP contribution in [0.4, 0.5) is 5.69 Å². The second-order valence-corrected chi connectivity index (χ2v) is 30.3. The van der Waals surface area contributed by atoms with Crippen molar-refractivity contribution in [1.82, 2.24) is 63.0 Å². The van der Waals surface area contributed by atoms with Gasteiger partial charge >= 0.3 is 35.8 Å². The molecular formula is C83H112N16O24S. The molecule has 11 amide bonds. The molecule has 5 rings (SSSR count). The van der Waals surface area contributed by atoms with Crippen molar-refractivity contribution in [1.29, 1.82) is 0 Å². The number of allylic oxidation sites excluding steroid dienone is 4. The fourth-order valence-electron chi connectivity index (χ4n) is 13.3. The first kappa shape index (κ1) is 102. The minimum absolute atomic E-state index is 0.0209. The number of carbonyl (C=O) groups excluding carboxylic acids is 11. The Hall–Kier alpha value is -12.9. The summed E-state index contributed by atoms with van der Waals surface area (Å²) in [5.41, 5.74) is 9.88. The summed E-state index contributed by atoms with van der Waals surface area (Å²) in [6, 6.07) is 4.70. The number of nitrogens with one attached hydrogen (secondary N) is 11. The van der Waals surface area contributed by atoms with Crippen molar-refractivity contribution in [3.63, 3.8) is 0 Å². The van der Waals surface area contributed by atoms with Crippen molar-refractivity contribution < 1.29 is 117 Å². The molecule has 7 atom stereocenters. The van der Waals surface area contributed by atoms with E-state index >= 15 is 0 Å². The number of benzene rings is 2. The van der Waals surface area contributed by atoms with Crippen LogP contribution in [0.1, 0.15) is 151 Å². The molecule has 0 fully saturated rings. The summed E-state index contributed by atoms with van der Waals surface area (Å²) in [5, 5.41) is 97.5. The van der Waals surface area contributed by atoms with E-state index in [9.17, 15) is 117 Å². The number of carboxylic acid groups (broad SMARTS) is 6. The lowest BCUT2D eigenvalue weighted by Gasteiger charge is -2.37. The lowest BCUT2D eigenvalue weighted by atomic mass is 9.81. The van der Waals surface area contributed by atoms with Crippen molar-refractivity contribution in [3.8, 4) is 5.75 Å². The minimum atomic E-state index is -1.68. The van der Waals surface area contributed by atoms with Crippen molar-refractivity contribution in [2.45, 2.75) is 171 Å². The standard InChI is InChI=1S/C83H112N16O24S/c1-51(56-10-12-57(13-11-56)65(99(49-77(115)116)50-78(117)118)41-55(42-74(109)110)31-39-98(47-75(111)112)48-76(113)114)66(124)30-38-87-59-16-14-58(15-17-59)80(120)97-64(40-52-8-18-60(100)19-9-52)83(123)95-62(7-3-5-33-89-72(106)46-93-70(104)24-22-68(102)91-37-29-54-27-35-86-44-54)81(121)96-63(20-25-73(107)108)82(122)94-61(79(84)119)6-2-4-32-88-71(105)45-92-69(103)23-21-67(101)90-36-28-53-26-34-85-43-53/h8-12,14-19,34-35,43-44,55,57,61-65,87,100H,1-7,13,20-33,36-42,45-50H2,(H2,84,119)(H,88,105)(H,89,106)(H,90,101)(H,91,102)(H,92,103)(H,93,104)(H,94,122)(H,95,123)(H,96,121)(H,97,120)(H,107,108)(H,109,110)(H,111,112)(H,113,114)(H,115,116)(H,117,118)/t55?,57?,61-,62-,63-,64-,65?/m1/s1. The van der Waals surface area contributed by atoms with Gasteiger partial charge in [0.1, 0.15) is 29.9 Å². The quantitative estimate of drug-likeness (QED) is 0.0250. The van der Waals surface area contributed by atoms with Gasteiger partial charge in [0.15, 0.2) is 0 Å². The highest BCUT2D eigenvalue weighted by Crippen LogP contribution is 2.32. The first-order valence-corrected chi connectivity index (χ1v) is 41.0. The molecule has 0 bridgehead atoms. The Balaban J connectivity index is 1.25. The number of rotatable bonds is 63. The van der Waals surface area contributed by atoms with Crippen LogP contribution in [0.15, 0.2) is 118 Å². The van der Waals surface area contributed by atoms with Gasteiger partial charge in [-0.1, -0.05) is 49.2 Å². The normalized spacial score (nSPS) is 14.5. The molecular weight excluding hydrogens is 1640 g/mol. The topological polar surface area (TPSA) is 621 Å². The molecule has 0 radical (unpaired) electrons. The molecule has 2 aromatic carbocycles. The Labute approximate surface area is 720 Å². The van der Waals surface area contributed by atoms with Gasteiger partial charge in [-0.25, -0.2) is 0 Å². The number of aliphatic carboxylic acids is 6. The van der Waals surface area contributed by atoms with Gasteiger partial charge in [0.05, 0.1) is 39.3 Å². The van der Waals surface area contributed by atoms with Crippen LogP contribution < -0.4 is 64.2 Å². The second kappa shape index (κ2) is 55.2. The van der Waals surface area contributed by atoms with Crippen LogP contribution in [0.3, 0.4) is 0 Å². The number of carbonyl (C=O) groups is 17. The highest BCUT2D eigenvalue weighted by molar-refractivity contribution is 7.80. The van der Waals surface area contributed by atoms with Crippen molar-refractivity contribution in [2.24, 2.45) is 27.6 Å². The molecule has 1 aliphatic carbocycles. The first-order valence-electron chi connectivity index (χ1n) is 40.6. The van der Waals surface area contributed by atoms with Crippen LogP contribution in [0, 0.1) is 11.8 Å². The predicted octanol–water partition coefficient (Wildman–Crippen LogP) is 1.05. The van der Waals surface area contributed by atoms with Gasteiger partial charge in [-0.15, -0.1) is 0 Å². The third kappa shape index (κ3) is 41.6. The molecule has 3 aliphatic rings. The van der Waals surface area contributed by atoms with E-state index in [0.717, 1.165) is 16.0 Å². The maximum Gasteiger partial charge on any atom is 0.317 e. The average molecular weight is 1750 g/mol. The SMILES string of the molecule is C=C(C(=S)CCNc1ccc(C(=O)N[C@H](Cc2ccc(O)cc2)C(=O)N[C@H](CCCCNC(=O)CNC(=O)CCC(=O)NCCC2=CN=CC2)C(=O)N[C@H](CCC(=O)O)C(=O)N[C@H](CCCCNC(=O)CNC(=O)CCC(=O)NCCC2=CN=CC2)C(N)=O)cc1)C1=CCC(C(CC(CCN(CC(=O)O)CC(=O)O)CC(=O)O)N(CC(=O)O)CC(=O)O)C=C1. The maximum absolute atomic E-state index is 14.8. The number of aromatic hydroxyl groups is 1. The Morgan fingerprint density at radius 3 is 1.46 bits per heavy atom. The van der Waals surface area contributed by atoms with E-state index in [1.165, 1.54) is 41.3 Å². The predicted molar refractivity (Wildman–Crippen MR) is 455 cm³/mol. The number of amides is 11. The summed E-state index contributed by atoms with van der Waals surface area (Å²) < 4.78 is 0. The summed E-state index contributed by atoms with van der Waals surface area (Å²) in [6.45, 7) is 1.46. The van der Waals surface area contributed by atoms with Gasteiger partial charge in [-0.2, -0.15) is 0 Å². The molecule has 124 heavy (non-hydrogen) atoms. The lowest BCUT2D eigenvalue weighted by Crippen LogP contribution is -2.58. The highest BCUT2D eigenvalue weighted by Gasteiger charge is 2.36. The van der Waals surface area contributed by atoms with Gasteiger partial charge in [0, 0.05) is 144 Å². The molecule has 0 saturated carbocycles. The number of anilines is 1. The van der Waals surface area contributed by atoms with Crippen LogP contribution in [0.2, 0.25) is 0 Å². The van der Waals surface area contributed by atoms with Gasteiger partial charge < -0.3 is 100.0 Å². The zero-order valence-corrected chi connectivity index (χ0v) is 69.6. The van der Waals surface area contributed by atoms with Crippen LogP contribution in [0.5, 0.6) is 5.75 Å². The number of primary amides is 1. The summed E-state index contributed by atoms with van der Waals surface area (Å²) in [7, 11) is 0. The number of hydrogen-bond acceptors (Lipinski definition) is 24. The molecule has 2 heterocycles. The molecule has 0 spiro atoms. The fourth-order valence-corrected chi connectivity index (χ4v) is 13.6. The van der Waals surface area contributed by atoms with E-state index in [0.29, 0.717) is 66.0 Å². The monoisotopic (exact) mass is 1750 g/mol. The number of nitrogens with two attached hydrogens (primary N) is 1. The van der Waals surface area contributed by atoms with Gasteiger partial charge in [0.25, 0.3) is 5.91 Å². The van der Waals surface area contributed by atoms with E-state index in [1.807, 2.05) is 0 Å². The largest absolute Gasteiger partial charge is 0.508 e. The number of thiocarbonyl (C=S) groups is 1. The third-order valence-electron chi connectivity index (χ3n) is 20.0. The number of unbranched alkanes of at least 4 members (excludes halogenated alkanes) is 2. The van der Waals surface area contributed by atoms with Crippen LogP contribution >= 0.6 is 12.2 Å². The molecule has 2 aromatic rings. The smallest absolute Gasteiger partial charge is 0.317 e. The highest BCUT2D eigenvalue weighted by atomic mass is 32.1. The molecule has 3 unspecified atom stereocenters. The maximum atomic E-state index is 14.8. The number of nitrogens with zero attached hydrogens (tertiary/aromatic N) is 4. The van der Waals surface area contributed by atoms with Gasteiger partial charge in [0.2, 0.25) is 59.1 Å². The summed E-state index contributed by atoms with van der Waals surface area (Å²) in [6.07, 6.45) is 12.9. The third-order valence-corrected chi connectivity index (χ3v) is 20.4. The average Bonchev–Trinajstić information content (AvgIpc) is 0.853. The molecule has 20 N–H and O–H groups in total. The first-order chi connectivity index (χ1) is 59.1. The molecule has 0 aromatic heterocycles. The molecule has 0 saturated heterocycles. The van der Waals surface area contributed by atoms with E-state index in [1.54, 1.807) is 55.2 Å². The number of carboxylic acids is 6. The Bertz CT molecular complexity index is 4290. The van der Waals surface area contributed by atoms with Gasteiger partial charge in [-0.3, -0.25) is 101 Å². The summed E-state index contributed by atoms with van der Waals surface area (Å²) in [4.78, 5) is 228. The molecule has 674 valence electrons. The number of phenolic OH excluding ortho intramolecular Hbond substituents is 1. The van der Waals surface area contributed by atoms with Gasteiger partial charge in [-0.05, 0) is 160 Å². The minimum Gasteiger partial charge on any atom is -0.508 e. The Kier molecular flexibility index (Phi) is 45.2. The second-order valence-electron chi connectivity index (χ2n) is 29.8. The number of hydrogen-bond donors (Lipinski definition) is 19. The van der Waals surface area contributed by atoms with Crippen molar-refractivity contribution in [3.05, 3.63) is 119 Å². The zero-order valence-electron chi connectivity index (χ0n) is 68.8. The fraction of sp³-hybridized carbons (Fsp3) is 0.494. The van der Waals surface area contributed by atoms with Crippen molar-refractivity contribution in [2.75, 3.05) is 83.9 Å². The molecule has 40 nitrogen and oxygen atoms in total. The summed E-state index contributed by atoms with van der Waals surface area (Å²) in [5.74, 6) is -17.2. The zero-order chi connectivity index (χ0) is 91.0. The van der Waals surface area contributed by atoms with E-state index in [-0.39, 0.29) is 146 Å². The van der Waals surface area contributed by atoms with E-state index < -0.39 is 190 Å². The van der Waals surface area contributed by atoms with Crippen molar-refractivity contribution >= 4 is 136 Å². The van der Waals surface area contributed by atoms with Crippen LogP contribution in [0.25, 0.3) is 0 Å². The number of phenols is 1. The van der Waals surface area contributed by atoms with Crippen LogP contribution in [-0.2, 0) is 83.1 Å². The Morgan fingerprint density at radius 1 is 0.508 bits per heavy atom. The summed E-state index contributed by atoms with van der Waals surface area (Å²) >= 11 is 5.79.